The molecule has 1 heterocycles. The Morgan fingerprint density at radius 2 is 1.74 bits per heavy atom. The molecule has 3 rings (SSSR count). The molecule has 0 radical (unpaired) electrons. The SMILES string of the molecule is COc1ccc2c(c1)c(=O)oc1c(C)c(OC(=O)C(CC(C)C)NC(=O)OC(C)(C)C)ccc12. The maximum absolute atomic E-state index is 13.0. The highest BCUT2D eigenvalue weighted by Gasteiger charge is 2.27. The smallest absolute Gasteiger partial charge is 0.408 e. The van der Waals surface area contributed by atoms with E-state index < -0.39 is 29.3 Å². The predicted molar refractivity (Wildman–Crippen MR) is 130 cm³/mol. The summed E-state index contributed by atoms with van der Waals surface area (Å²) < 4.78 is 21.7. The van der Waals surface area contributed by atoms with E-state index in [1.165, 1.54) is 7.11 Å². The Bertz CT molecular complexity index is 1280. The summed E-state index contributed by atoms with van der Waals surface area (Å²) >= 11 is 0. The molecule has 0 aliphatic carbocycles. The number of esters is 1. The van der Waals surface area contributed by atoms with Crippen molar-refractivity contribution in [3.05, 3.63) is 46.3 Å². The van der Waals surface area contributed by atoms with Crippen molar-refractivity contribution in [2.45, 2.75) is 59.6 Å². The van der Waals surface area contributed by atoms with Gasteiger partial charge in [0.05, 0.1) is 12.5 Å². The molecule has 8 nitrogen and oxygen atoms in total. The fraction of sp³-hybridized carbons (Fsp3) is 0.423. The molecule has 0 aliphatic heterocycles. The van der Waals surface area contributed by atoms with E-state index in [4.69, 9.17) is 18.6 Å². The molecule has 1 atom stereocenters. The summed E-state index contributed by atoms with van der Waals surface area (Å²) in [5, 5.41) is 4.42. The standard InChI is InChI=1S/C26H31NO7/c1-14(2)12-20(27-25(30)34-26(4,5)6)24(29)32-21-11-10-18-17-9-8-16(31-7)13-19(17)23(28)33-22(18)15(21)3/h8-11,13-14,20H,12H2,1-7H3,(H,27,30). The minimum Gasteiger partial charge on any atom is -0.497 e. The van der Waals surface area contributed by atoms with Crippen LogP contribution in [0.25, 0.3) is 21.7 Å². The van der Waals surface area contributed by atoms with Crippen molar-refractivity contribution in [3.63, 3.8) is 0 Å². The third-order valence-electron chi connectivity index (χ3n) is 5.18. The number of nitrogens with one attached hydrogen (secondary N) is 1. The molecular formula is C26H31NO7. The molecule has 1 N–H and O–H groups in total. The predicted octanol–water partition coefficient (Wildman–Crippen LogP) is 5.11. The number of benzene rings is 2. The lowest BCUT2D eigenvalue weighted by atomic mass is 10.0. The molecule has 0 spiro atoms. The number of ether oxygens (including phenoxy) is 3. The number of alkyl carbamates (subject to hydrolysis) is 1. The second-order valence-corrected chi connectivity index (χ2v) is 9.62. The molecule has 1 unspecified atom stereocenters. The van der Waals surface area contributed by atoms with Crippen LogP contribution in [0.3, 0.4) is 0 Å². The summed E-state index contributed by atoms with van der Waals surface area (Å²) in [6.45, 7) is 10.8. The van der Waals surface area contributed by atoms with E-state index in [0.29, 0.717) is 39.5 Å². The number of methoxy groups -OCH3 is 1. The number of hydrogen-bond donors (Lipinski definition) is 1. The van der Waals surface area contributed by atoms with Crippen molar-refractivity contribution in [1.29, 1.82) is 0 Å². The van der Waals surface area contributed by atoms with Gasteiger partial charge in [-0.15, -0.1) is 0 Å². The topological polar surface area (TPSA) is 104 Å². The minimum atomic E-state index is -0.902. The van der Waals surface area contributed by atoms with Crippen molar-refractivity contribution < 1.29 is 28.2 Å². The van der Waals surface area contributed by atoms with Gasteiger partial charge >= 0.3 is 17.7 Å². The van der Waals surface area contributed by atoms with Crippen LogP contribution in [0, 0.1) is 12.8 Å². The largest absolute Gasteiger partial charge is 0.497 e. The van der Waals surface area contributed by atoms with Crippen LogP contribution in [-0.4, -0.2) is 30.8 Å². The van der Waals surface area contributed by atoms with Gasteiger partial charge < -0.3 is 23.9 Å². The Morgan fingerprint density at radius 3 is 2.35 bits per heavy atom. The van der Waals surface area contributed by atoms with Crippen LogP contribution in [0.15, 0.2) is 39.5 Å². The zero-order valence-electron chi connectivity index (χ0n) is 20.6. The zero-order chi connectivity index (χ0) is 25.2. The lowest BCUT2D eigenvalue weighted by molar-refractivity contribution is -0.137. The van der Waals surface area contributed by atoms with E-state index in [1.54, 1.807) is 58.0 Å². The summed E-state index contributed by atoms with van der Waals surface area (Å²) in [5.41, 5.74) is -0.387. The molecule has 8 heteroatoms. The molecule has 182 valence electrons. The van der Waals surface area contributed by atoms with Gasteiger partial charge in [-0.1, -0.05) is 13.8 Å². The number of hydrogen-bond acceptors (Lipinski definition) is 7. The van der Waals surface area contributed by atoms with Crippen LogP contribution in [0.4, 0.5) is 4.79 Å². The number of aryl methyl sites for hydroxylation is 1. The highest BCUT2D eigenvalue weighted by molar-refractivity contribution is 6.06. The van der Waals surface area contributed by atoms with Crippen molar-refractivity contribution >= 4 is 33.8 Å². The molecule has 1 aromatic heterocycles. The van der Waals surface area contributed by atoms with Gasteiger partial charge in [0, 0.05) is 16.3 Å². The van der Waals surface area contributed by atoms with Gasteiger partial charge in [0.15, 0.2) is 0 Å². The number of fused-ring (bicyclic) bond motifs is 3. The van der Waals surface area contributed by atoms with Crippen molar-refractivity contribution in [2.24, 2.45) is 5.92 Å². The number of rotatable bonds is 6. The van der Waals surface area contributed by atoms with Crippen LogP contribution >= 0.6 is 0 Å². The summed E-state index contributed by atoms with van der Waals surface area (Å²) in [7, 11) is 1.53. The number of carbonyl (C=O) groups excluding carboxylic acids is 2. The molecule has 0 fully saturated rings. The molecular weight excluding hydrogens is 438 g/mol. The average molecular weight is 470 g/mol. The quantitative estimate of drug-likeness (QED) is 0.232. The Labute approximate surface area is 198 Å². The van der Waals surface area contributed by atoms with E-state index in [2.05, 4.69) is 5.32 Å². The number of carbonyl (C=O) groups is 2. The average Bonchev–Trinajstić information content (AvgIpc) is 2.73. The highest BCUT2D eigenvalue weighted by Crippen LogP contribution is 2.32. The van der Waals surface area contributed by atoms with Crippen LogP contribution < -0.4 is 20.4 Å². The Balaban J connectivity index is 1.93. The highest BCUT2D eigenvalue weighted by atomic mass is 16.6. The first kappa shape index (κ1) is 25.1. The summed E-state index contributed by atoms with van der Waals surface area (Å²) in [6, 6.07) is 7.68. The minimum absolute atomic E-state index is 0.117. The molecule has 0 saturated carbocycles. The Morgan fingerprint density at radius 1 is 1.06 bits per heavy atom. The van der Waals surface area contributed by atoms with Crippen LogP contribution in [0.1, 0.15) is 46.6 Å². The second-order valence-electron chi connectivity index (χ2n) is 9.62. The molecule has 0 bridgehead atoms. The Hall–Kier alpha value is -3.55. The molecule has 0 aliphatic rings. The molecule has 34 heavy (non-hydrogen) atoms. The van der Waals surface area contributed by atoms with Crippen LogP contribution in [0.5, 0.6) is 11.5 Å². The lowest BCUT2D eigenvalue weighted by Crippen LogP contribution is -2.45. The maximum Gasteiger partial charge on any atom is 0.408 e. The van der Waals surface area contributed by atoms with Gasteiger partial charge in [0.2, 0.25) is 0 Å². The fourth-order valence-corrected chi connectivity index (χ4v) is 3.64. The van der Waals surface area contributed by atoms with Gasteiger partial charge in [-0.3, -0.25) is 0 Å². The molecule has 2 aromatic carbocycles. The van der Waals surface area contributed by atoms with Crippen molar-refractivity contribution in [3.8, 4) is 11.5 Å². The monoisotopic (exact) mass is 469 g/mol. The van der Waals surface area contributed by atoms with Gasteiger partial charge in [0.1, 0.15) is 28.7 Å². The van der Waals surface area contributed by atoms with E-state index in [-0.39, 0.29) is 11.7 Å². The zero-order valence-corrected chi connectivity index (χ0v) is 20.6. The third-order valence-corrected chi connectivity index (χ3v) is 5.18. The van der Waals surface area contributed by atoms with Gasteiger partial charge in [0.25, 0.3) is 0 Å². The Kier molecular flexibility index (Phi) is 7.19. The first-order chi connectivity index (χ1) is 15.9. The van der Waals surface area contributed by atoms with Gasteiger partial charge in [-0.05, 0) is 70.4 Å². The van der Waals surface area contributed by atoms with Crippen molar-refractivity contribution in [1.82, 2.24) is 5.32 Å². The normalized spacial score (nSPS) is 12.6. The van der Waals surface area contributed by atoms with Crippen molar-refractivity contribution in [2.75, 3.05) is 7.11 Å². The summed E-state index contributed by atoms with van der Waals surface area (Å²) in [6.07, 6.45) is -0.329. The summed E-state index contributed by atoms with van der Waals surface area (Å²) in [5.74, 6) is 0.282. The van der Waals surface area contributed by atoms with E-state index in [9.17, 15) is 14.4 Å². The van der Waals surface area contributed by atoms with E-state index >= 15 is 0 Å². The lowest BCUT2D eigenvalue weighted by Gasteiger charge is -2.24. The first-order valence-corrected chi connectivity index (χ1v) is 11.1. The number of amides is 1. The molecule has 3 aromatic rings. The van der Waals surface area contributed by atoms with Crippen LogP contribution in [0.2, 0.25) is 0 Å². The summed E-state index contributed by atoms with van der Waals surface area (Å²) in [4.78, 5) is 37.9. The fourth-order valence-electron chi connectivity index (χ4n) is 3.64. The molecule has 1 amide bonds. The van der Waals surface area contributed by atoms with E-state index in [0.717, 1.165) is 0 Å². The van der Waals surface area contributed by atoms with E-state index in [1.807, 2.05) is 13.8 Å². The maximum atomic E-state index is 13.0. The van der Waals surface area contributed by atoms with Gasteiger partial charge in [-0.2, -0.15) is 0 Å². The van der Waals surface area contributed by atoms with Crippen LogP contribution in [-0.2, 0) is 9.53 Å². The first-order valence-electron chi connectivity index (χ1n) is 11.1. The van der Waals surface area contributed by atoms with Gasteiger partial charge in [-0.25, -0.2) is 14.4 Å². The third kappa shape index (κ3) is 5.68. The second kappa shape index (κ2) is 9.75. The molecule has 0 saturated heterocycles.